The maximum absolute atomic E-state index is 11.8. The second-order valence-corrected chi connectivity index (χ2v) is 6.40. The highest BCUT2D eigenvalue weighted by Gasteiger charge is 2.32. The fraction of sp³-hybridized carbons (Fsp3) is 0.556. The number of nitrogens with zero attached hydrogens (tertiary/aromatic N) is 2. The number of primary amides is 1. The van der Waals surface area contributed by atoms with E-state index in [4.69, 9.17) is 5.73 Å². The molecule has 142 valence electrons. The van der Waals surface area contributed by atoms with Gasteiger partial charge in [-0.05, 0) is 46.0 Å². The van der Waals surface area contributed by atoms with Crippen molar-refractivity contribution in [1.29, 1.82) is 0 Å². The summed E-state index contributed by atoms with van der Waals surface area (Å²) in [6, 6.07) is 6.92. The Morgan fingerprint density at radius 1 is 1.28 bits per heavy atom. The minimum absolute atomic E-state index is 0.0173. The summed E-state index contributed by atoms with van der Waals surface area (Å²) < 4.78 is 11.8. The molecule has 0 aliphatic carbocycles. The van der Waals surface area contributed by atoms with Gasteiger partial charge < -0.3 is 15.5 Å². The first-order valence-electron chi connectivity index (χ1n) is 8.44. The number of carbonyl (C=O) groups excluding carboxylic acids is 2. The lowest BCUT2D eigenvalue weighted by molar-refractivity contribution is -0.137. The molecule has 7 heteroatoms. The summed E-state index contributed by atoms with van der Waals surface area (Å²) in [5, 5.41) is 0. The van der Waals surface area contributed by atoms with Crippen molar-refractivity contribution in [1.82, 2.24) is 9.80 Å². The zero-order valence-electron chi connectivity index (χ0n) is 15.8. The van der Waals surface area contributed by atoms with Crippen LogP contribution in [0.5, 0.6) is 0 Å². The molecule has 0 saturated carbocycles. The van der Waals surface area contributed by atoms with Gasteiger partial charge in [0.05, 0.1) is 18.7 Å². The molecule has 1 heterocycles. The number of aryl methyl sites for hydroxylation is 1. The SMILES string of the molecule is CC.CN(C)CC(=O)N1CCCC1C(N)=O.Cc1ccc(SF)cc1. The van der Waals surface area contributed by atoms with Gasteiger partial charge in [-0.25, -0.2) is 0 Å². The van der Waals surface area contributed by atoms with Crippen LogP contribution in [0.15, 0.2) is 29.2 Å². The highest BCUT2D eigenvalue weighted by Crippen LogP contribution is 2.18. The number of likely N-dealkylation sites (tertiary alicyclic amines) is 1. The maximum Gasteiger partial charge on any atom is 0.240 e. The molecule has 1 aromatic carbocycles. The van der Waals surface area contributed by atoms with Crippen molar-refractivity contribution < 1.29 is 13.5 Å². The fourth-order valence-electron chi connectivity index (χ4n) is 2.31. The van der Waals surface area contributed by atoms with E-state index in [0.717, 1.165) is 12.0 Å². The van der Waals surface area contributed by atoms with Crippen LogP contribution in [0.2, 0.25) is 0 Å². The summed E-state index contributed by atoms with van der Waals surface area (Å²) in [5.74, 6) is -0.411. The molecule has 2 N–H and O–H groups in total. The lowest BCUT2D eigenvalue weighted by Gasteiger charge is -2.23. The van der Waals surface area contributed by atoms with Crippen molar-refractivity contribution in [3.63, 3.8) is 0 Å². The van der Waals surface area contributed by atoms with Gasteiger partial charge in [0.2, 0.25) is 11.8 Å². The Morgan fingerprint density at radius 2 is 1.84 bits per heavy atom. The van der Waals surface area contributed by atoms with E-state index >= 15 is 0 Å². The minimum atomic E-state index is -0.394. The lowest BCUT2D eigenvalue weighted by Crippen LogP contribution is -2.46. The van der Waals surface area contributed by atoms with Crippen LogP contribution in [0.25, 0.3) is 0 Å². The van der Waals surface area contributed by atoms with Crippen LogP contribution < -0.4 is 5.73 Å². The first kappa shape index (κ1) is 23.4. The van der Waals surface area contributed by atoms with Gasteiger partial charge in [-0.2, -0.15) is 3.89 Å². The molecule has 0 spiro atoms. The first-order chi connectivity index (χ1) is 11.8. The van der Waals surface area contributed by atoms with E-state index in [9.17, 15) is 13.5 Å². The summed E-state index contributed by atoms with van der Waals surface area (Å²) in [6.45, 7) is 6.97. The molecule has 1 aromatic rings. The van der Waals surface area contributed by atoms with E-state index in [-0.39, 0.29) is 24.1 Å². The predicted molar refractivity (Wildman–Crippen MR) is 102 cm³/mol. The third-order valence-electron chi connectivity index (χ3n) is 3.46. The minimum Gasteiger partial charge on any atom is -0.368 e. The van der Waals surface area contributed by atoms with Crippen molar-refractivity contribution >= 4 is 24.0 Å². The Kier molecular flexibility index (Phi) is 11.9. The van der Waals surface area contributed by atoms with E-state index in [2.05, 4.69) is 0 Å². The molecule has 1 aliphatic heterocycles. The number of hydrogen-bond acceptors (Lipinski definition) is 4. The van der Waals surface area contributed by atoms with Crippen LogP contribution in [0.1, 0.15) is 32.3 Å². The standard InChI is InChI=1S/C9H17N3O2.C7H7FS.C2H6/c1-11(2)6-8(13)12-5-3-4-7(12)9(10)14;1-6-2-4-7(9-8)5-3-6;1-2/h7H,3-6H2,1-2H3,(H2,10,14);2-5H,1H3;1-2H3. The lowest BCUT2D eigenvalue weighted by atomic mass is 10.2. The summed E-state index contributed by atoms with van der Waals surface area (Å²) >= 11 is 0.277. The molecular formula is C18H30FN3O2S. The van der Waals surface area contributed by atoms with Crippen molar-refractivity contribution in [3.05, 3.63) is 29.8 Å². The van der Waals surface area contributed by atoms with Crippen molar-refractivity contribution in [2.24, 2.45) is 5.73 Å². The summed E-state index contributed by atoms with van der Waals surface area (Å²) in [6.07, 6.45) is 1.57. The number of amides is 2. The Labute approximate surface area is 155 Å². The van der Waals surface area contributed by atoms with Crippen LogP contribution in [0, 0.1) is 6.92 Å². The van der Waals surface area contributed by atoms with Gasteiger partial charge in [-0.1, -0.05) is 31.5 Å². The second kappa shape index (κ2) is 12.7. The number of benzene rings is 1. The Hall–Kier alpha value is -1.60. The number of rotatable bonds is 4. The number of hydrogen-bond donors (Lipinski definition) is 1. The third-order valence-corrected chi connectivity index (χ3v) is 3.91. The summed E-state index contributed by atoms with van der Waals surface area (Å²) in [4.78, 5) is 26.7. The van der Waals surface area contributed by atoms with Gasteiger partial charge >= 0.3 is 0 Å². The van der Waals surface area contributed by atoms with Gasteiger partial charge in [0, 0.05) is 11.4 Å². The topological polar surface area (TPSA) is 66.6 Å². The third kappa shape index (κ3) is 8.88. The molecule has 1 fully saturated rings. The molecule has 2 amide bonds. The molecule has 1 saturated heterocycles. The van der Waals surface area contributed by atoms with Crippen LogP contribution in [-0.2, 0) is 9.59 Å². The molecule has 1 aliphatic rings. The zero-order valence-corrected chi connectivity index (χ0v) is 16.6. The highest BCUT2D eigenvalue weighted by molar-refractivity contribution is 7.94. The number of carbonyl (C=O) groups is 2. The second-order valence-electron chi connectivity index (χ2n) is 5.78. The summed E-state index contributed by atoms with van der Waals surface area (Å²) in [5.41, 5.74) is 6.37. The van der Waals surface area contributed by atoms with E-state index in [1.165, 1.54) is 0 Å². The smallest absolute Gasteiger partial charge is 0.240 e. The zero-order chi connectivity index (χ0) is 19.4. The van der Waals surface area contributed by atoms with Gasteiger partial charge in [0.15, 0.2) is 0 Å². The van der Waals surface area contributed by atoms with Gasteiger partial charge in [0.25, 0.3) is 0 Å². The van der Waals surface area contributed by atoms with Gasteiger partial charge in [0.1, 0.15) is 6.04 Å². The molecule has 1 unspecified atom stereocenters. The Balaban J connectivity index is 0.000000451. The first-order valence-corrected chi connectivity index (χ1v) is 9.15. The predicted octanol–water partition coefficient (Wildman–Crippen LogP) is 3.02. The Bertz CT molecular complexity index is 524. The molecule has 1 atom stereocenters. The molecular weight excluding hydrogens is 341 g/mol. The number of nitrogens with two attached hydrogens (primary N) is 1. The van der Waals surface area contributed by atoms with E-state index in [1.54, 1.807) is 21.9 Å². The van der Waals surface area contributed by atoms with Crippen LogP contribution in [0.4, 0.5) is 3.89 Å². The van der Waals surface area contributed by atoms with E-state index in [1.807, 2.05) is 47.0 Å². The fourth-order valence-corrected chi connectivity index (χ4v) is 2.55. The molecule has 2 rings (SSSR count). The number of halogens is 1. The maximum atomic E-state index is 11.8. The van der Waals surface area contributed by atoms with Crippen LogP contribution >= 0.6 is 12.1 Å². The molecule has 0 bridgehead atoms. The Morgan fingerprint density at radius 3 is 2.28 bits per heavy atom. The largest absolute Gasteiger partial charge is 0.368 e. The van der Waals surface area contributed by atoms with Gasteiger partial charge in [-0.3, -0.25) is 9.59 Å². The van der Waals surface area contributed by atoms with Gasteiger partial charge in [-0.15, -0.1) is 0 Å². The van der Waals surface area contributed by atoms with E-state index in [0.29, 0.717) is 24.4 Å². The summed E-state index contributed by atoms with van der Waals surface area (Å²) in [7, 11) is 3.65. The van der Waals surface area contributed by atoms with Crippen LogP contribution in [-0.4, -0.2) is 54.8 Å². The molecule has 25 heavy (non-hydrogen) atoms. The number of likely N-dealkylation sites (N-methyl/N-ethyl adjacent to an activating group) is 1. The molecule has 0 radical (unpaired) electrons. The molecule has 5 nitrogen and oxygen atoms in total. The van der Waals surface area contributed by atoms with Crippen LogP contribution in [0.3, 0.4) is 0 Å². The average Bonchev–Trinajstić information content (AvgIpc) is 3.07. The monoisotopic (exact) mass is 371 g/mol. The van der Waals surface area contributed by atoms with Crippen molar-refractivity contribution in [2.75, 3.05) is 27.2 Å². The average molecular weight is 372 g/mol. The highest BCUT2D eigenvalue weighted by atomic mass is 32.2. The van der Waals surface area contributed by atoms with Crippen molar-refractivity contribution in [3.8, 4) is 0 Å². The normalized spacial score (nSPS) is 15.8. The quantitative estimate of drug-likeness (QED) is 0.883. The van der Waals surface area contributed by atoms with Crippen molar-refractivity contribution in [2.45, 2.75) is 44.6 Å². The molecule has 0 aromatic heterocycles. The van der Waals surface area contributed by atoms with E-state index < -0.39 is 5.91 Å².